The molecule has 6 aromatic carbocycles. The van der Waals surface area contributed by atoms with Crippen LogP contribution in [0.15, 0.2) is 141 Å². The lowest BCUT2D eigenvalue weighted by Crippen LogP contribution is -2.20. The first-order valence-electron chi connectivity index (χ1n) is 21.2. The van der Waals surface area contributed by atoms with E-state index in [1.807, 2.05) is 24.9 Å². The third kappa shape index (κ3) is 7.73. The zero-order chi connectivity index (χ0) is 41.2. The molecule has 10 heteroatoms. The summed E-state index contributed by atoms with van der Waals surface area (Å²) >= 11 is 0. The highest BCUT2D eigenvalue weighted by Crippen LogP contribution is 2.31. The van der Waals surface area contributed by atoms with Gasteiger partial charge in [-0.3, -0.25) is 20.0 Å². The quantitative estimate of drug-likeness (QED) is 0.116. The third-order valence-corrected chi connectivity index (χ3v) is 11.5. The summed E-state index contributed by atoms with van der Waals surface area (Å²) in [5.74, 6) is 0. The molecule has 0 saturated carbocycles. The second-order valence-corrected chi connectivity index (χ2v) is 15.8. The molecule has 0 radical (unpaired) electrons. The molecular formula is C52H42N10. The van der Waals surface area contributed by atoms with Gasteiger partial charge in [0, 0.05) is 94.1 Å². The lowest BCUT2D eigenvalue weighted by atomic mass is 10.0. The van der Waals surface area contributed by atoms with Crippen molar-refractivity contribution in [3.05, 3.63) is 144 Å². The van der Waals surface area contributed by atoms with Crippen molar-refractivity contribution in [2.24, 2.45) is 20.0 Å². The van der Waals surface area contributed by atoms with Gasteiger partial charge in [0.25, 0.3) is 0 Å². The molecule has 25 rings (SSSR count). The van der Waals surface area contributed by atoms with E-state index in [1.165, 1.54) is 0 Å². The number of pyridine rings is 4. The zero-order valence-electron chi connectivity index (χ0n) is 34.1. The molecule has 62 heavy (non-hydrogen) atoms. The Morgan fingerprint density at radius 2 is 0.532 bits per heavy atom. The summed E-state index contributed by atoms with van der Waals surface area (Å²) in [5, 5.41) is 15.6. The summed E-state index contributed by atoms with van der Waals surface area (Å²) in [7, 11) is 0. The van der Waals surface area contributed by atoms with Crippen LogP contribution in [0.4, 0.5) is 0 Å². The Morgan fingerprint density at radius 1 is 0.274 bits per heavy atom. The fraction of sp³-hybridized carbons (Fsp3) is 0.154. The molecule has 300 valence electrons. The Kier molecular flexibility index (Phi) is 10.0. The van der Waals surface area contributed by atoms with Gasteiger partial charge >= 0.3 is 0 Å². The lowest BCUT2D eigenvalue weighted by molar-refractivity contribution is 0.699. The number of aromatic nitrogens is 4. The van der Waals surface area contributed by atoms with Gasteiger partial charge in [0.15, 0.2) is 0 Å². The highest BCUT2D eigenvalue weighted by molar-refractivity contribution is 6.13. The van der Waals surface area contributed by atoms with Gasteiger partial charge < -0.3 is 10.6 Å². The van der Waals surface area contributed by atoms with Crippen molar-refractivity contribution in [2.75, 3.05) is 52.4 Å². The molecule has 0 amide bonds. The molecule has 20 bridgehead atoms. The van der Waals surface area contributed by atoms with Crippen LogP contribution in [-0.4, -0.2) is 97.2 Å². The Morgan fingerprint density at radius 3 is 0.790 bits per heavy atom. The largest absolute Gasteiger partial charge is 0.313 e. The topological polar surface area (TPSA) is 125 Å². The van der Waals surface area contributed by atoms with Crippen LogP contribution >= 0.6 is 0 Å². The van der Waals surface area contributed by atoms with E-state index < -0.39 is 0 Å². The van der Waals surface area contributed by atoms with Crippen LogP contribution in [0.25, 0.3) is 87.2 Å². The van der Waals surface area contributed by atoms with Gasteiger partial charge in [0.05, 0.1) is 70.3 Å². The van der Waals surface area contributed by atoms with Crippen LogP contribution in [0.3, 0.4) is 0 Å². The maximum atomic E-state index is 5.06. The van der Waals surface area contributed by atoms with Gasteiger partial charge in [-0.2, -0.15) is 0 Å². The predicted octanol–water partition coefficient (Wildman–Crippen LogP) is 9.06. The highest BCUT2D eigenvalue weighted by Gasteiger charge is 2.10. The van der Waals surface area contributed by atoms with Crippen LogP contribution < -0.4 is 10.6 Å². The molecule has 0 saturated heterocycles. The monoisotopic (exact) mass is 806 g/mol. The number of nitrogens with one attached hydrogen (secondary N) is 2. The molecule has 10 nitrogen and oxygen atoms in total. The van der Waals surface area contributed by atoms with Gasteiger partial charge in [-0.1, -0.05) is 48.5 Å². The number of hydrogen-bond donors (Lipinski definition) is 2. The first-order valence-corrected chi connectivity index (χ1v) is 21.2. The van der Waals surface area contributed by atoms with Gasteiger partial charge in [0.1, 0.15) is 0 Å². The minimum absolute atomic E-state index is 0.674. The molecule has 0 aliphatic carbocycles. The summed E-state index contributed by atoms with van der Waals surface area (Å²) in [6, 6.07) is 42.5. The Bertz CT molecular complexity index is 3040. The fourth-order valence-electron chi connectivity index (χ4n) is 8.31. The van der Waals surface area contributed by atoms with E-state index in [9.17, 15) is 0 Å². The van der Waals surface area contributed by atoms with E-state index in [2.05, 4.69) is 152 Å². The first-order chi connectivity index (χ1) is 30.7. The summed E-state index contributed by atoms with van der Waals surface area (Å²) in [6.07, 6.45) is 7.72. The van der Waals surface area contributed by atoms with Crippen LogP contribution in [0, 0.1) is 0 Å². The standard InChI is InChI=1S/C52H42N10/c1-5-37-25-41-42-26-38-6-2-34-22-50(38)60-46(42)10-9-45(41)59-49(37)21-33(1)29-55-17-13-53-14-18-56-30-35-3-7-39-27-43-44-28-40-8-4-36(32-58-20-16-54-15-19-57-31-34)24-52(40)62-48(44)12-11-47(43)61-51(39)23-35/h1-12,21-32,53-54H,13-20H2. The van der Waals surface area contributed by atoms with Crippen LogP contribution in [0.2, 0.25) is 0 Å². The Hall–Kier alpha value is -7.40. The van der Waals surface area contributed by atoms with Crippen molar-refractivity contribution in [1.82, 2.24) is 30.6 Å². The van der Waals surface area contributed by atoms with Gasteiger partial charge in [-0.25, -0.2) is 19.9 Å². The summed E-state index contributed by atoms with van der Waals surface area (Å²) in [4.78, 5) is 39.0. The van der Waals surface area contributed by atoms with E-state index in [4.69, 9.17) is 19.9 Å². The van der Waals surface area contributed by atoms with E-state index in [0.717, 1.165) is 136 Å². The molecule has 19 heterocycles. The number of aliphatic imine (C=N–C) groups is 4. The van der Waals surface area contributed by atoms with E-state index in [-0.39, 0.29) is 0 Å². The molecule has 4 aromatic heterocycles. The Balaban J connectivity index is 0.847. The van der Waals surface area contributed by atoms with Gasteiger partial charge in [0.2, 0.25) is 0 Å². The molecule has 2 N–H and O–H groups in total. The molecular weight excluding hydrogens is 765 g/mol. The minimum Gasteiger partial charge on any atom is -0.313 e. The number of nitrogens with zero attached hydrogens (tertiary/aromatic N) is 8. The fourth-order valence-corrected chi connectivity index (χ4v) is 8.31. The Labute approximate surface area is 357 Å². The first kappa shape index (κ1) is 37.6. The molecule has 15 aliphatic rings. The summed E-state index contributed by atoms with van der Waals surface area (Å²) in [6.45, 7) is 5.78. The summed E-state index contributed by atoms with van der Waals surface area (Å²) < 4.78 is 0. The second kappa shape index (κ2) is 16.6. The lowest BCUT2D eigenvalue weighted by Gasteiger charge is -2.08. The maximum absolute atomic E-state index is 5.06. The number of hydrogen-bond acceptors (Lipinski definition) is 10. The van der Waals surface area contributed by atoms with E-state index in [1.54, 1.807) is 0 Å². The minimum atomic E-state index is 0.674. The van der Waals surface area contributed by atoms with Crippen molar-refractivity contribution >= 4 is 112 Å². The van der Waals surface area contributed by atoms with Crippen LogP contribution in [-0.2, 0) is 0 Å². The molecule has 10 aromatic rings. The van der Waals surface area contributed by atoms with Crippen molar-refractivity contribution in [2.45, 2.75) is 0 Å². The second-order valence-electron chi connectivity index (χ2n) is 15.8. The maximum Gasteiger partial charge on any atom is 0.0717 e. The van der Waals surface area contributed by atoms with Gasteiger partial charge in [-0.15, -0.1) is 0 Å². The van der Waals surface area contributed by atoms with Crippen molar-refractivity contribution < 1.29 is 0 Å². The highest BCUT2D eigenvalue weighted by atomic mass is 14.9. The SMILES string of the molecule is C1=NCCNCCN=Cc2ccc3cc4c(ccc5nc6cc(ccc6cc54)C=NCCNCCN=Cc4ccc5cc6c(ccc7nc8cc1ccc8cc76)nc5c4)nc3c2. The molecule has 0 spiro atoms. The van der Waals surface area contributed by atoms with Crippen molar-refractivity contribution in [3.63, 3.8) is 0 Å². The van der Waals surface area contributed by atoms with E-state index >= 15 is 0 Å². The van der Waals surface area contributed by atoms with Crippen molar-refractivity contribution in [1.29, 1.82) is 0 Å². The molecule has 15 aliphatic heterocycles. The predicted molar refractivity (Wildman–Crippen MR) is 260 cm³/mol. The average molecular weight is 807 g/mol. The molecule has 0 fully saturated rings. The number of benzene rings is 6. The third-order valence-electron chi connectivity index (χ3n) is 11.5. The van der Waals surface area contributed by atoms with Crippen LogP contribution in [0.1, 0.15) is 22.3 Å². The smallest absolute Gasteiger partial charge is 0.0717 e. The normalized spacial score (nSPS) is 14.8. The zero-order valence-corrected chi connectivity index (χ0v) is 34.1. The molecule has 0 atom stereocenters. The summed E-state index contributed by atoms with van der Waals surface area (Å²) in [5.41, 5.74) is 11.7. The van der Waals surface area contributed by atoms with E-state index in [0.29, 0.717) is 26.2 Å². The average Bonchev–Trinajstić information content (AvgIpc) is 3.30. The number of rotatable bonds is 0. The van der Waals surface area contributed by atoms with Crippen molar-refractivity contribution in [3.8, 4) is 0 Å². The molecule has 0 unspecified atom stereocenters. The van der Waals surface area contributed by atoms with Crippen LogP contribution in [0.5, 0.6) is 0 Å². The van der Waals surface area contributed by atoms with Gasteiger partial charge in [-0.05, 0) is 95.1 Å².